The van der Waals surface area contributed by atoms with Gasteiger partial charge in [0.05, 0.1) is 22.7 Å². The molecule has 1 N–H and O–H groups in total. The van der Waals surface area contributed by atoms with Gasteiger partial charge in [0.15, 0.2) is 9.84 Å². The quantitative estimate of drug-likeness (QED) is 0.774. The van der Waals surface area contributed by atoms with Gasteiger partial charge in [0, 0.05) is 6.54 Å². The maximum atomic E-state index is 11.8. The van der Waals surface area contributed by atoms with Crippen LogP contribution in [0.2, 0.25) is 0 Å². The molecule has 0 radical (unpaired) electrons. The molecule has 7 nitrogen and oxygen atoms in total. The van der Waals surface area contributed by atoms with Crippen molar-refractivity contribution >= 4 is 27.5 Å². The molecule has 9 heteroatoms. The van der Waals surface area contributed by atoms with Crippen molar-refractivity contribution in [2.75, 3.05) is 18.1 Å². The maximum Gasteiger partial charge on any atom is 0.277 e. The molecule has 2 rings (SSSR count). The maximum absolute atomic E-state index is 11.8. The van der Waals surface area contributed by atoms with E-state index in [1.54, 1.807) is 6.92 Å². The van der Waals surface area contributed by atoms with Gasteiger partial charge in [-0.05, 0) is 19.8 Å². The third-order valence-corrected chi connectivity index (χ3v) is 5.90. The number of hydrogen-bond donors (Lipinski definition) is 1. The summed E-state index contributed by atoms with van der Waals surface area (Å²) in [5, 5.41) is 10.5. The van der Waals surface area contributed by atoms with Crippen LogP contribution in [0.5, 0.6) is 0 Å². The van der Waals surface area contributed by atoms with Gasteiger partial charge in [0.2, 0.25) is 11.8 Å². The number of amides is 1. The van der Waals surface area contributed by atoms with Crippen LogP contribution in [0.1, 0.15) is 38.5 Å². The number of nitrogens with zero attached hydrogens (tertiary/aromatic N) is 2. The Morgan fingerprint density at radius 3 is 2.90 bits per heavy atom. The molecule has 0 bridgehead atoms. The van der Waals surface area contributed by atoms with Crippen LogP contribution in [0, 0.1) is 0 Å². The lowest BCUT2D eigenvalue weighted by atomic mass is 10.1. The van der Waals surface area contributed by atoms with Gasteiger partial charge < -0.3 is 9.73 Å². The Bertz CT molecular complexity index is 599. The van der Waals surface area contributed by atoms with Crippen LogP contribution < -0.4 is 5.32 Å². The van der Waals surface area contributed by atoms with E-state index in [1.165, 1.54) is 11.8 Å². The van der Waals surface area contributed by atoms with Crippen LogP contribution in [-0.2, 0) is 14.6 Å². The Kier molecular flexibility index (Phi) is 5.26. The summed E-state index contributed by atoms with van der Waals surface area (Å²) >= 11 is 1.18. The summed E-state index contributed by atoms with van der Waals surface area (Å²) < 4.78 is 28.4. The molecule has 1 fully saturated rings. The van der Waals surface area contributed by atoms with Crippen LogP contribution in [0.25, 0.3) is 0 Å². The van der Waals surface area contributed by atoms with Crippen molar-refractivity contribution in [3.8, 4) is 0 Å². The van der Waals surface area contributed by atoms with Gasteiger partial charge in [-0.3, -0.25) is 4.79 Å². The van der Waals surface area contributed by atoms with E-state index < -0.39 is 9.84 Å². The zero-order valence-corrected chi connectivity index (χ0v) is 13.7. The molecule has 0 spiro atoms. The zero-order chi connectivity index (χ0) is 15.5. The summed E-state index contributed by atoms with van der Waals surface area (Å²) in [5.41, 5.74) is 0. The van der Waals surface area contributed by atoms with Gasteiger partial charge in [0.1, 0.15) is 0 Å². The van der Waals surface area contributed by atoms with Gasteiger partial charge in [0.25, 0.3) is 5.22 Å². The molecule has 1 aromatic heterocycles. The number of thioether (sulfide) groups is 1. The molecule has 1 amide bonds. The number of rotatable bonds is 6. The van der Waals surface area contributed by atoms with Crippen molar-refractivity contribution in [1.29, 1.82) is 0 Å². The van der Waals surface area contributed by atoms with Crippen molar-refractivity contribution in [2.24, 2.45) is 0 Å². The first-order chi connectivity index (χ1) is 9.91. The summed E-state index contributed by atoms with van der Waals surface area (Å²) in [7, 11) is -2.98. The molecule has 1 aliphatic rings. The predicted octanol–water partition coefficient (Wildman–Crippen LogP) is 0.979. The lowest BCUT2D eigenvalue weighted by Crippen LogP contribution is -2.31. The number of nitrogens with one attached hydrogen (secondary N) is 1. The van der Waals surface area contributed by atoms with Crippen molar-refractivity contribution in [3.05, 3.63) is 5.89 Å². The number of carbonyl (C=O) groups is 1. The second kappa shape index (κ2) is 6.78. The first-order valence-electron chi connectivity index (χ1n) is 6.89. The zero-order valence-electron chi connectivity index (χ0n) is 12.0. The minimum atomic E-state index is -2.98. The summed E-state index contributed by atoms with van der Waals surface area (Å²) in [4.78, 5) is 11.8. The third-order valence-electron chi connectivity index (χ3n) is 3.20. The highest BCUT2D eigenvalue weighted by Crippen LogP contribution is 2.30. The highest BCUT2D eigenvalue weighted by Gasteiger charge is 2.33. The Morgan fingerprint density at radius 1 is 1.52 bits per heavy atom. The first kappa shape index (κ1) is 16.3. The van der Waals surface area contributed by atoms with E-state index in [1.807, 2.05) is 6.92 Å². The molecule has 2 atom stereocenters. The molecule has 1 aliphatic heterocycles. The number of aromatic nitrogens is 2. The van der Waals surface area contributed by atoms with Gasteiger partial charge in [-0.25, -0.2) is 8.42 Å². The minimum Gasteiger partial charge on any atom is -0.416 e. The average molecular weight is 333 g/mol. The fourth-order valence-electron chi connectivity index (χ4n) is 2.02. The summed E-state index contributed by atoms with van der Waals surface area (Å²) in [5.74, 6) is 0.273. The molecule has 1 saturated heterocycles. The topological polar surface area (TPSA) is 102 Å². The molecule has 0 unspecified atom stereocenters. The number of sulfone groups is 1. The number of carbonyl (C=O) groups excluding carboxylic acids is 1. The van der Waals surface area contributed by atoms with Crippen LogP contribution in [0.15, 0.2) is 9.64 Å². The van der Waals surface area contributed by atoms with Gasteiger partial charge >= 0.3 is 0 Å². The number of hydrogen-bond acceptors (Lipinski definition) is 7. The highest BCUT2D eigenvalue weighted by molar-refractivity contribution is 8.00. The van der Waals surface area contributed by atoms with Crippen molar-refractivity contribution in [2.45, 2.75) is 43.1 Å². The van der Waals surface area contributed by atoms with Crippen molar-refractivity contribution in [1.82, 2.24) is 15.5 Å². The fraction of sp³-hybridized carbons (Fsp3) is 0.750. The molecular weight excluding hydrogens is 314 g/mol. The van der Waals surface area contributed by atoms with E-state index in [0.29, 0.717) is 24.1 Å². The van der Waals surface area contributed by atoms with E-state index >= 15 is 0 Å². The standard InChI is InChI=1S/C12H19N3O4S2/c1-3-5-13-10(16)8(2)20-12-15-14-11(19-12)9-4-6-21(17,18)7-9/h8-9H,3-7H2,1-2H3,(H,13,16)/t8-,9+/m0/s1. The molecule has 1 aromatic rings. The van der Waals surface area contributed by atoms with Gasteiger partial charge in [-0.2, -0.15) is 0 Å². The van der Waals surface area contributed by atoms with Crippen LogP contribution >= 0.6 is 11.8 Å². The lowest BCUT2D eigenvalue weighted by Gasteiger charge is -2.08. The lowest BCUT2D eigenvalue weighted by molar-refractivity contribution is -0.120. The molecular formula is C12H19N3O4S2. The Labute approximate surface area is 128 Å². The summed E-state index contributed by atoms with van der Waals surface area (Å²) in [6.07, 6.45) is 1.39. The second-order valence-electron chi connectivity index (χ2n) is 5.06. The molecule has 0 saturated carbocycles. The summed E-state index contributed by atoms with van der Waals surface area (Å²) in [6.45, 7) is 4.39. The molecule has 0 aromatic carbocycles. The molecule has 118 valence electrons. The SMILES string of the molecule is CCCNC(=O)[C@H](C)Sc1nnc([C@@H]2CCS(=O)(=O)C2)o1. The van der Waals surface area contributed by atoms with Crippen LogP contribution in [-0.4, -0.2) is 47.8 Å². The average Bonchev–Trinajstić information content (AvgIpc) is 3.02. The Balaban J connectivity index is 1.93. The van der Waals surface area contributed by atoms with Crippen molar-refractivity contribution in [3.63, 3.8) is 0 Å². The van der Waals surface area contributed by atoms with E-state index in [0.717, 1.165) is 6.42 Å². The molecule has 21 heavy (non-hydrogen) atoms. The second-order valence-corrected chi connectivity index (χ2v) is 8.58. The van der Waals surface area contributed by atoms with E-state index in [2.05, 4.69) is 15.5 Å². The monoisotopic (exact) mass is 333 g/mol. The third kappa shape index (κ3) is 4.44. The summed E-state index contributed by atoms with van der Waals surface area (Å²) in [6, 6.07) is 0. The fourth-order valence-corrected chi connectivity index (χ4v) is 4.47. The normalized spacial score (nSPS) is 22.1. The molecule has 2 heterocycles. The predicted molar refractivity (Wildman–Crippen MR) is 78.9 cm³/mol. The molecule has 0 aliphatic carbocycles. The van der Waals surface area contributed by atoms with Gasteiger partial charge in [-0.1, -0.05) is 18.7 Å². The van der Waals surface area contributed by atoms with E-state index in [9.17, 15) is 13.2 Å². The minimum absolute atomic E-state index is 0.0613. The highest BCUT2D eigenvalue weighted by atomic mass is 32.2. The van der Waals surface area contributed by atoms with E-state index in [4.69, 9.17) is 4.42 Å². The first-order valence-corrected chi connectivity index (χ1v) is 9.59. The van der Waals surface area contributed by atoms with E-state index in [-0.39, 0.29) is 28.6 Å². The van der Waals surface area contributed by atoms with Crippen molar-refractivity contribution < 1.29 is 17.6 Å². The van der Waals surface area contributed by atoms with Gasteiger partial charge in [-0.15, -0.1) is 10.2 Å². The smallest absolute Gasteiger partial charge is 0.277 e. The largest absolute Gasteiger partial charge is 0.416 e. The Hall–Kier alpha value is -1.09. The van der Waals surface area contributed by atoms with Crippen LogP contribution in [0.4, 0.5) is 0 Å². The Morgan fingerprint density at radius 2 is 2.29 bits per heavy atom. The van der Waals surface area contributed by atoms with Crippen LogP contribution in [0.3, 0.4) is 0 Å².